The molecule has 0 aliphatic carbocycles. The van der Waals surface area contributed by atoms with Crippen LogP contribution in [0.5, 0.6) is 0 Å². The summed E-state index contributed by atoms with van der Waals surface area (Å²) in [6.45, 7) is 5.90. The molecular weight excluding hydrogens is 188 g/mol. The zero-order chi connectivity index (χ0) is 10.5. The van der Waals surface area contributed by atoms with Gasteiger partial charge in [-0.05, 0) is 33.0 Å². The average Bonchev–Trinajstić information content (AvgIpc) is 1.81. The highest BCUT2D eigenvalue weighted by molar-refractivity contribution is 7.80. The first-order chi connectivity index (χ1) is 5.81. The third-order valence-electron chi connectivity index (χ3n) is 1.05. The van der Waals surface area contributed by atoms with Crippen LogP contribution in [0, 0.1) is 0 Å². The number of nitrogens with two attached hydrogens (primary N) is 1. The van der Waals surface area contributed by atoms with Crippen LogP contribution in [0.25, 0.3) is 0 Å². The van der Waals surface area contributed by atoms with Crippen molar-refractivity contribution < 1.29 is 9.53 Å². The van der Waals surface area contributed by atoms with Crippen LogP contribution in [0.15, 0.2) is 0 Å². The van der Waals surface area contributed by atoms with Gasteiger partial charge in [-0.1, -0.05) is 0 Å². The van der Waals surface area contributed by atoms with Gasteiger partial charge in [-0.2, -0.15) is 0 Å². The van der Waals surface area contributed by atoms with Gasteiger partial charge in [-0.3, -0.25) is 4.79 Å². The van der Waals surface area contributed by atoms with Gasteiger partial charge in [-0.15, -0.1) is 0 Å². The Bertz CT molecular complexity index is 199. The van der Waals surface area contributed by atoms with Crippen molar-refractivity contribution in [3.05, 3.63) is 0 Å². The summed E-state index contributed by atoms with van der Waals surface area (Å²) in [6, 6.07) is 0. The molecule has 0 atom stereocenters. The lowest BCUT2D eigenvalue weighted by atomic mass is 10.2. The van der Waals surface area contributed by atoms with Crippen LogP contribution in [0.4, 0.5) is 0 Å². The minimum Gasteiger partial charge on any atom is -0.460 e. The van der Waals surface area contributed by atoms with Crippen LogP contribution >= 0.6 is 12.2 Å². The van der Waals surface area contributed by atoms with Gasteiger partial charge in [0, 0.05) is 6.54 Å². The normalized spacial score (nSPS) is 10.7. The fraction of sp³-hybridized carbons (Fsp3) is 0.750. The summed E-state index contributed by atoms with van der Waals surface area (Å²) >= 11 is 4.57. The average molecular weight is 204 g/mol. The molecule has 0 saturated heterocycles. The molecule has 0 aromatic heterocycles. The van der Waals surface area contributed by atoms with E-state index in [1.165, 1.54) is 0 Å². The first kappa shape index (κ1) is 12.2. The Morgan fingerprint density at radius 2 is 2.08 bits per heavy atom. The molecule has 0 aliphatic rings. The van der Waals surface area contributed by atoms with Crippen LogP contribution < -0.4 is 11.1 Å². The van der Waals surface area contributed by atoms with Gasteiger partial charge < -0.3 is 15.8 Å². The highest BCUT2D eigenvalue weighted by Gasteiger charge is 2.15. The third-order valence-corrected chi connectivity index (χ3v) is 1.19. The lowest BCUT2D eigenvalue weighted by Crippen LogP contribution is -2.32. The molecule has 0 radical (unpaired) electrons. The summed E-state index contributed by atoms with van der Waals surface area (Å²) in [6.07, 6.45) is 0.272. The van der Waals surface area contributed by atoms with Crippen molar-refractivity contribution in [2.75, 3.05) is 6.54 Å². The molecule has 0 unspecified atom stereocenters. The molecular formula is C8H16N2O2S. The predicted molar refractivity (Wildman–Crippen MR) is 55.3 cm³/mol. The number of hydrogen-bond donors (Lipinski definition) is 2. The largest absolute Gasteiger partial charge is 0.460 e. The van der Waals surface area contributed by atoms with E-state index in [0.29, 0.717) is 6.54 Å². The van der Waals surface area contributed by atoms with Gasteiger partial charge in [0.15, 0.2) is 5.11 Å². The Kier molecular flexibility index (Phi) is 4.69. The van der Waals surface area contributed by atoms with Gasteiger partial charge in [0.2, 0.25) is 0 Å². The Balaban J connectivity index is 3.59. The summed E-state index contributed by atoms with van der Waals surface area (Å²) in [5.74, 6) is -0.253. The third kappa shape index (κ3) is 9.07. The SMILES string of the molecule is CC(C)(C)OC(=O)CCNC(N)=S. The summed E-state index contributed by atoms with van der Waals surface area (Å²) < 4.78 is 5.06. The number of carbonyl (C=O) groups excluding carboxylic acids is 1. The Hall–Kier alpha value is -0.840. The van der Waals surface area contributed by atoms with E-state index in [0.717, 1.165) is 0 Å². The number of carbonyl (C=O) groups is 1. The molecule has 0 heterocycles. The number of thiocarbonyl (C=S) groups is 1. The topological polar surface area (TPSA) is 64.3 Å². The second-order valence-corrected chi connectivity index (χ2v) is 4.07. The standard InChI is InChI=1S/C8H16N2O2S/c1-8(2,3)12-6(11)4-5-10-7(9)13/h4-5H2,1-3H3,(H3,9,10,13). The van der Waals surface area contributed by atoms with Crippen molar-refractivity contribution in [2.45, 2.75) is 32.8 Å². The molecule has 76 valence electrons. The minimum atomic E-state index is -0.430. The van der Waals surface area contributed by atoms with Crippen molar-refractivity contribution in [1.82, 2.24) is 5.32 Å². The van der Waals surface area contributed by atoms with Crippen molar-refractivity contribution in [3.8, 4) is 0 Å². The maximum atomic E-state index is 11.1. The van der Waals surface area contributed by atoms with Gasteiger partial charge in [0.05, 0.1) is 6.42 Å². The van der Waals surface area contributed by atoms with Gasteiger partial charge in [0.1, 0.15) is 5.60 Å². The molecule has 4 nitrogen and oxygen atoms in total. The van der Waals surface area contributed by atoms with Crippen LogP contribution in [-0.2, 0) is 9.53 Å². The van der Waals surface area contributed by atoms with Crippen LogP contribution in [-0.4, -0.2) is 23.2 Å². The molecule has 0 rings (SSSR count). The fourth-order valence-corrected chi connectivity index (χ4v) is 0.782. The van der Waals surface area contributed by atoms with Crippen molar-refractivity contribution in [3.63, 3.8) is 0 Å². The summed E-state index contributed by atoms with van der Waals surface area (Å²) in [4.78, 5) is 11.1. The molecule has 0 fully saturated rings. The van der Waals surface area contributed by atoms with Gasteiger partial charge >= 0.3 is 5.97 Å². The maximum Gasteiger partial charge on any atom is 0.308 e. The van der Waals surface area contributed by atoms with E-state index >= 15 is 0 Å². The van der Waals surface area contributed by atoms with E-state index in [1.807, 2.05) is 20.8 Å². The second kappa shape index (κ2) is 5.01. The molecule has 0 amide bonds. The highest BCUT2D eigenvalue weighted by Crippen LogP contribution is 2.07. The Morgan fingerprint density at radius 1 is 1.54 bits per heavy atom. The van der Waals surface area contributed by atoms with Gasteiger partial charge in [0.25, 0.3) is 0 Å². The number of rotatable bonds is 3. The van der Waals surface area contributed by atoms with E-state index in [4.69, 9.17) is 10.5 Å². The van der Waals surface area contributed by atoms with E-state index in [1.54, 1.807) is 0 Å². The molecule has 3 N–H and O–H groups in total. The predicted octanol–water partition coefficient (Wildman–Crippen LogP) is 0.551. The lowest BCUT2D eigenvalue weighted by molar-refractivity contribution is -0.154. The zero-order valence-corrected chi connectivity index (χ0v) is 9.03. The van der Waals surface area contributed by atoms with Gasteiger partial charge in [-0.25, -0.2) is 0 Å². The molecule has 5 heteroatoms. The molecule has 0 aliphatic heterocycles. The molecule has 0 spiro atoms. The highest BCUT2D eigenvalue weighted by atomic mass is 32.1. The van der Waals surface area contributed by atoms with E-state index in [2.05, 4.69) is 17.5 Å². The quantitative estimate of drug-likeness (QED) is 0.519. The summed E-state index contributed by atoms with van der Waals surface area (Å²) in [7, 11) is 0. The van der Waals surface area contributed by atoms with Crippen LogP contribution in [0.2, 0.25) is 0 Å². The van der Waals surface area contributed by atoms with Crippen molar-refractivity contribution in [2.24, 2.45) is 5.73 Å². The second-order valence-electron chi connectivity index (χ2n) is 3.63. The molecule has 0 aromatic rings. The first-order valence-electron chi connectivity index (χ1n) is 4.06. The van der Waals surface area contributed by atoms with Crippen LogP contribution in [0.3, 0.4) is 0 Å². The van der Waals surface area contributed by atoms with E-state index < -0.39 is 5.60 Å². The summed E-state index contributed by atoms with van der Waals surface area (Å²) in [5, 5.41) is 2.87. The van der Waals surface area contributed by atoms with Crippen molar-refractivity contribution >= 4 is 23.3 Å². The Morgan fingerprint density at radius 3 is 2.46 bits per heavy atom. The fourth-order valence-electron chi connectivity index (χ4n) is 0.680. The molecule has 0 aromatic carbocycles. The molecule has 13 heavy (non-hydrogen) atoms. The molecule has 0 saturated carbocycles. The summed E-state index contributed by atoms with van der Waals surface area (Å²) in [5.41, 5.74) is 4.74. The lowest BCUT2D eigenvalue weighted by Gasteiger charge is -2.19. The maximum absolute atomic E-state index is 11.1. The number of esters is 1. The number of hydrogen-bond acceptors (Lipinski definition) is 3. The molecule has 0 bridgehead atoms. The minimum absolute atomic E-state index is 0.198. The smallest absolute Gasteiger partial charge is 0.308 e. The Labute approximate surface area is 83.8 Å². The van der Waals surface area contributed by atoms with E-state index in [-0.39, 0.29) is 17.5 Å². The number of ether oxygens (including phenoxy) is 1. The van der Waals surface area contributed by atoms with Crippen LogP contribution in [0.1, 0.15) is 27.2 Å². The first-order valence-corrected chi connectivity index (χ1v) is 4.47. The monoisotopic (exact) mass is 204 g/mol. The van der Waals surface area contributed by atoms with Crippen molar-refractivity contribution in [1.29, 1.82) is 0 Å². The zero-order valence-electron chi connectivity index (χ0n) is 8.22. The number of nitrogens with one attached hydrogen (secondary N) is 1. The van der Waals surface area contributed by atoms with E-state index in [9.17, 15) is 4.79 Å².